The van der Waals surface area contributed by atoms with Crippen LogP contribution in [0.2, 0.25) is 0 Å². The molecule has 0 saturated carbocycles. The predicted molar refractivity (Wildman–Crippen MR) is 78.8 cm³/mol. The van der Waals surface area contributed by atoms with Crippen molar-refractivity contribution < 1.29 is 0 Å². The zero-order chi connectivity index (χ0) is 13.0. The lowest BCUT2D eigenvalue weighted by atomic mass is 10.1. The molecule has 2 rings (SSSR count). The van der Waals surface area contributed by atoms with Crippen molar-refractivity contribution in [2.75, 3.05) is 25.5 Å². The number of aromatic nitrogens is 1. The van der Waals surface area contributed by atoms with Crippen LogP contribution in [0.15, 0.2) is 18.3 Å². The number of aryl methyl sites for hydroxylation is 1. The van der Waals surface area contributed by atoms with Gasteiger partial charge in [0.2, 0.25) is 0 Å². The van der Waals surface area contributed by atoms with E-state index in [-0.39, 0.29) is 0 Å². The maximum absolute atomic E-state index is 5.33. The van der Waals surface area contributed by atoms with Gasteiger partial charge in [-0.2, -0.15) is 0 Å². The highest BCUT2D eigenvalue weighted by Gasteiger charge is 2.17. The van der Waals surface area contributed by atoms with Gasteiger partial charge in [0.1, 0.15) is 5.82 Å². The molecule has 18 heavy (non-hydrogen) atoms. The van der Waals surface area contributed by atoms with Crippen LogP contribution in [0, 0.1) is 6.92 Å². The molecule has 0 unspecified atom stereocenters. The summed E-state index contributed by atoms with van der Waals surface area (Å²) in [7, 11) is 2.16. The molecule has 5 heteroatoms. The maximum Gasteiger partial charge on any atom is 0.172 e. The van der Waals surface area contributed by atoms with Crippen molar-refractivity contribution in [3.63, 3.8) is 0 Å². The molecule has 2 N–H and O–H groups in total. The van der Waals surface area contributed by atoms with Crippen molar-refractivity contribution in [3.05, 3.63) is 23.9 Å². The highest BCUT2D eigenvalue weighted by atomic mass is 32.1. The predicted octanol–water partition coefficient (Wildman–Crippen LogP) is 1.77. The number of piperidine rings is 1. The summed E-state index contributed by atoms with van der Waals surface area (Å²) in [6.45, 7) is 4.28. The van der Waals surface area contributed by atoms with E-state index in [0.29, 0.717) is 11.2 Å². The van der Waals surface area contributed by atoms with Crippen LogP contribution in [0.4, 0.5) is 5.82 Å². The molecule has 0 radical (unpaired) electrons. The highest BCUT2D eigenvalue weighted by molar-refractivity contribution is 7.80. The summed E-state index contributed by atoms with van der Waals surface area (Å²) < 4.78 is 0. The molecule has 0 aromatic carbocycles. The Balaban J connectivity index is 1.84. The first-order valence-electron chi connectivity index (χ1n) is 6.33. The van der Waals surface area contributed by atoms with E-state index in [4.69, 9.17) is 12.2 Å². The molecule has 1 aliphatic heterocycles. The largest absolute Gasteiger partial charge is 0.360 e. The number of nitrogens with zero attached hydrogens (tertiary/aromatic N) is 2. The number of rotatable bonds is 2. The summed E-state index contributed by atoms with van der Waals surface area (Å²) in [5.41, 5.74) is 1.10. The van der Waals surface area contributed by atoms with Gasteiger partial charge in [-0.05, 0) is 63.8 Å². The Hall–Kier alpha value is -1.20. The van der Waals surface area contributed by atoms with Crippen LogP contribution in [0.5, 0.6) is 0 Å². The van der Waals surface area contributed by atoms with Gasteiger partial charge in [-0.3, -0.25) is 0 Å². The normalized spacial score (nSPS) is 17.4. The van der Waals surface area contributed by atoms with E-state index >= 15 is 0 Å². The van der Waals surface area contributed by atoms with E-state index in [9.17, 15) is 0 Å². The first-order chi connectivity index (χ1) is 8.65. The monoisotopic (exact) mass is 264 g/mol. The smallest absolute Gasteiger partial charge is 0.172 e. The number of thiocarbonyl (C=S) groups is 1. The fourth-order valence-electron chi connectivity index (χ4n) is 2.10. The van der Waals surface area contributed by atoms with Crippen LogP contribution in [-0.4, -0.2) is 41.2 Å². The second-order valence-corrected chi connectivity index (χ2v) is 5.25. The Kier molecular flexibility index (Phi) is 4.49. The number of likely N-dealkylation sites (tertiary alicyclic amines) is 1. The Labute approximate surface area is 114 Å². The SMILES string of the molecule is Cc1cccnc1NC(=S)NC1CCN(C)CC1. The molecule has 0 atom stereocenters. The van der Waals surface area contributed by atoms with Crippen LogP contribution in [0.3, 0.4) is 0 Å². The Morgan fingerprint density at radius 3 is 2.83 bits per heavy atom. The zero-order valence-corrected chi connectivity index (χ0v) is 11.8. The third-order valence-corrected chi connectivity index (χ3v) is 3.52. The van der Waals surface area contributed by atoms with Crippen molar-refractivity contribution in [1.29, 1.82) is 0 Å². The molecule has 0 amide bonds. The fraction of sp³-hybridized carbons (Fsp3) is 0.538. The number of anilines is 1. The summed E-state index contributed by atoms with van der Waals surface area (Å²) in [5, 5.41) is 7.21. The molecule has 1 aliphatic rings. The van der Waals surface area contributed by atoms with Crippen molar-refractivity contribution >= 4 is 23.1 Å². The summed E-state index contributed by atoms with van der Waals surface area (Å²) in [6, 6.07) is 4.42. The number of pyridine rings is 1. The molecule has 0 spiro atoms. The highest BCUT2D eigenvalue weighted by Crippen LogP contribution is 2.11. The van der Waals surface area contributed by atoms with Crippen molar-refractivity contribution in [2.24, 2.45) is 0 Å². The third-order valence-electron chi connectivity index (χ3n) is 3.30. The van der Waals surface area contributed by atoms with Gasteiger partial charge in [0.05, 0.1) is 0 Å². The van der Waals surface area contributed by atoms with Crippen LogP contribution < -0.4 is 10.6 Å². The van der Waals surface area contributed by atoms with Crippen LogP contribution in [0.25, 0.3) is 0 Å². The molecular weight excluding hydrogens is 244 g/mol. The van der Waals surface area contributed by atoms with Gasteiger partial charge in [-0.25, -0.2) is 4.98 Å². The molecular formula is C13H20N4S. The first kappa shape index (κ1) is 13.2. The van der Waals surface area contributed by atoms with Gasteiger partial charge in [0, 0.05) is 12.2 Å². The molecule has 0 bridgehead atoms. The Morgan fingerprint density at radius 1 is 1.44 bits per heavy atom. The van der Waals surface area contributed by atoms with E-state index in [1.807, 2.05) is 19.1 Å². The van der Waals surface area contributed by atoms with Gasteiger partial charge in [0.15, 0.2) is 5.11 Å². The van der Waals surface area contributed by atoms with Crippen molar-refractivity contribution in [3.8, 4) is 0 Å². The molecule has 1 aromatic rings. The minimum absolute atomic E-state index is 0.477. The van der Waals surface area contributed by atoms with E-state index in [2.05, 4.69) is 27.6 Å². The number of hydrogen-bond donors (Lipinski definition) is 2. The second kappa shape index (κ2) is 6.11. The Bertz CT molecular complexity index is 413. The van der Waals surface area contributed by atoms with E-state index in [0.717, 1.165) is 37.3 Å². The van der Waals surface area contributed by atoms with Crippen molar-refractivity contribution in [1.82, 2.24) is 15.2 Å². The van der Waals surface area contributed by atoms with E-state index in [1.54, 1.807) is 6.20 Å². The fourth-order valence-corrected chi connectivity index (χ4v) is 2.36. The average molecular weight is 264 g/mol. The molecule has 4 nitrogen and oxygen atoms in total. The lowest BCUT2D eigenvalue weighted by Crippen LogP contribution is -2.44. The average Bonchev–Trinajstić information content (AvgIpc) is 2.35. The molecule has 1 saturated heterocycles. The van der Waals surface area contributed by atoms with Crippen LogP contribution in [-0.2, 0) is 0 Å². The Morgan fingerprint density at radius 2 is 2.17 bits per heavy atom. The summed E-state index contributed by atoms with van der Waals surface area (Å²) >= 11 is 5.33. The summed E-state index contributed by atoms with van der Waals surface area (Å²) in [5.74, 6) is 0.836. The second-order valence-electron chi connectivity index (χ2n) is 4.84. The lowest BCUT2D eigenvalue weighted by molar-refractivity contribution is 0.247. The van der Waals surface area contributed by atoms with Gasteiger partial charge >= 0.3 is 0 Å². The summed E-state index contributed by atoms with van der Waals surface area (Å²) in [6.07, 6.45) is 4.05. The maximum atomic E-state index is 5.33. The van der Waals surface area contributed by atoms with Gasteiger partial charge in [-0.1, -0.05) is 6.07 Å². The number of hydrogen-bond acceptors (Lipinski definition) is 3. The molecule has 1 fully saturated rings. The van der Waals surface area contributed by atoms with Gasteiger partial charge in [-0.15, -0.1) is 0 Å². The number of nitrogens with one attached hydrogen (secondary N) is 2. The first-order valence-corrected chi connectivity index (χ1v) is 6.73. The molecule has 2 heterocycles. The quantitative estimate of drug-likeness (QED) is 0.797. The zero-order valence-electron chi connectivity index (χ0n) is 10.9. The van der Waals surface area contributed by atoms with E-state index < -0.39 is 0 Å². The van der Waals surface area contributed by atoms with Crippen LogP contribution in [0.1, 0.15) is 18.4 Å². The van der Waals surface area contributed by atoms with Crippen LogP contribution >= 0.6 is 12.2 Å². The third kappa shape index (κ3) is 3.65. The van der Waals surface area contributed by atoms with Gasteiger partial charge in [0.25, 0.3) is 0 Å². The standard InChI is InChI=1S/C13H20N4S/c1-10-4-3-7-14-12(10)16-13(18)15-11-5-8-17(2)9-6-11/h3-4,7,11H,5-6,8-9H2,1-2H3,(H2,14,15,16,18). The topological polar surface area (TPSA) is 40.2 Å². The van der Waals surface area contributed by atoms with Crippen molar-refractivity contribution in [2.45, 2.75) is 25.8 Å². The minimum Gasteiger partial charge on any atom is -0.360 e. The molecule has 0 aliphatic carbocycles. The van der Waals surface area contributed by atoms with E-state index in [1.165, 1.54) is 0 Å². The molecule has 98 valence electrons. The molecule has 1 aromatic heterocycles. The lowest BCUT2D eigenvalue weighted by Gasteiger charge is -2.30. The van der Waals surface area contributed by atoms with Gasteiger partial charge < -0.3 is 15.5 Å². The summed E-state index contributed by atoms with van der Waals surface area (Å²) in [4.78, 5) is 6.62. The minimum atomic E-state index is 0.477.